The highest BCUT2D eigenvalue weighted by Crippen LogP contribution is 2.27. The van der Waals surface area contributed by atoms with Gasteiger partial charge in [-0.2, -0.15) is 0 Å². The SMILES string of the molecule is COc1ccc(-c2nnc(SCC(=O)Nc3ccc(F)cc3F)n2Cc2ccco2)cc1. The van der Waals surface area contributed by atoms with Crippen molar-refractivity contribution < 1.29 is 22.7 Å². The standard InChI is InChI=1S/C22H18F2N4O3S/c1-30-16-7-4-14(5-8-16)21-26-27-22(28(21)12-17-3-2-10-31-17)32-13-20(29)25-19-9-6-15(23)11-18(19)24/h2-11H,12-13H2,1H3,(H,25,29). The van der Waals surface area contributed by atoms with Crippen molar-refractivity contribution >= 4 is 23.4 Å². The van der Waals surface area contributed by atoms with Gasteiger partial charge in [0.05, 0.1) is 31.4 Å². The van der Waals surface area contributed by atoms with E-state index in [0.717, 1.165) is 23.4 Å². The summed E-state index contributed by atoms with van der Waals surface area (Å²) in [5.74, 6) is -0.0616. The molecule has 0 fully saturated rings. The van der Waals surface area contributed by atoms with E-state index < -0.39 is 17.5 Å². The minimum absolute atomic E-state index is 0.0459. The van der Waals surface area contributed by atoms with Gasteiger partial charge in [-0.1, -0.05) is 11.8 Å². The Hall–Kier alpha value is -3.66. The van der Waals surface area contributed by atoms with Crippen LogP contribution in [0.2, 0.25) is 0 Å². The third-order valence-corrected chi connectivity index (χ3v) is 5.46. The molecule has 2 aromatic heterocycles. The topological polar surface area (TPSA) is 82.2 Å². The highest BCUT2D eigenvalue weighted by atomic mass is 32.2. The summed E-state index contributed by atoms with van der Waals surface area (Å²) >= 11 is 1.14. The van der Waals surface area contributed by atoms with Crippen LogP contribution in [0.25, 0.3) is 11.4 Å². The molecular formula is C22H18F2N4O3S. The van der Waals surface area contributed by atoms with Crippen LogP contribution >= 0.6 is 11.8 Å². The van der Waals surface area contributed by atoms with Gasteiger partial charge in [-0.15, -0.1) is 10.2 Å². The Labute approximate surface area is 186 Å². The molecule has 0 saturated heterocycles. The maximum Gasteiger partial charge on any atom is 0.234 e. The zero-order valence-electron chi connectivity index (χ0n) is 16.9. The van der Waals surface area contributed by atoms with Crippen LogP contribution in [-0.4, -0.2) is 33.5 Å². The lowest BCUT2D eigenvalue weighted by Crippen LogP contribution is -2.16. The van der Waals surface area contributed by atoms with Crippen molar-refractivity contribution in [2.24, 2.45) is 0 Å². The van der Waals surface area contributed by atoms with Crippen molar-refractivity contribution in [2.75, 3.05) is 18.2 Å². The molecule has 4 aromatic rings. The van der Waals surface area contributed by atoms with E-state index in [1.807, 2.05) is 34.9 Å². The normalized spacial score (nSPS) is 10.8. The number of hydrogen-bond acceptors (Lipinski definition) is 6. The summed E-state index contributed by atoms with van der Waals surface area (Å²) in [6, 6.07) is 13.9. The number of benzene rings is 2. The monoisotopic (exact) mass is 456 g/mol. The Morgan fingerprint density at radius 1 is 1.16 bits per heavy atom. The van der Waals surface area contributed by atoms with E-state index in [-0.39, 0.29) is 11.4 Å². The Kier molecular flexibility index (Phi) is 6.50. The van der Waals surface area contributed by atoms with E-state index in [4.69, 9.17) is 9.15 Å². The number of thioether (sulfide) groups is 1. The van der Waals surface area contributed by atoms with Gasteiger partial charge in [-0.05, 0) is 48.5 Å². The number of aromatic nitrogens is 3. The van der Waals surface area contributed by atoms with Crippen LogP contribution in [-0.2, 0) is 11.3 Å². The Morgan fingerprint density at radius 2 is 1.97 bits per heavy atom. The quantitative estimate of drug-likeness (QED) is 0.390. The predicted octanol–water partition coefficient (Wildman–Crippen LogP) is 4.60. The average Bonchev–Trinajstić information content (AvgIpc) is 3.45. The van der Waals surface area contributed by atoms with Gasteiger partial charge in [-0.3, -0.25) is 9.36 Å². The number of methoxy groups -OCH3 is 1. The van der Waals surface area contributed by atoms with Gasteiger partial charge in [-0.25, -0.2) is 8.78 Å². The number of carbonyl (C=O) groups is 1. The summed E-state index contributed by atoms with van der Waals surface area (Å²) in [5.41, 5.74) is 0.725. The van der Waals surface area contributed by atoms with Crippen LogP contribution < -0.4 is 10.1 Å². The molecule has 1 N–H and O–H groups in total. The molecule has 7 nitrogen and oxygen atoms in total. The fraction of sp³-hybridized carbons (Fsp3) is 0.136. The fourth-order valence-corrected chi connectivity index (χ4v) is 3.70. The maximum atomic E-state index is 13.8. The summed E-state index contributed by atoms with van der Waals surface area (Å²) in [7, 11) is 1.59. The number of rotatable bonds is 8. The van der Waals surface area contributed by atoms with Gasteiger partial charge < -0.3 is 14.5 Å². The van der Waals surface area contributed by atoms with E-state index in [1.165, 1.54) is 6.07 Å². The molecule has 0 atom stereocenters. The first-order chi connectivity index (χ1) is 15.5. The second-order valence-electron chi connectivity index (χ2n) is 6.66. The van der Waals surface area contributed by atoms with Crippen LogP contribution in [0.4, 0.5) is 14.5 Å². The molecule has 0 saturated carbocycles. The molecule has 2 heterocycles. The van der Waals surface area contributed by atoms with Gasteiger partial charge >= 0.3 is 0 Å². The number of ether oxygens (including phenoxy) is 1. The minimum atomic E-state index is -0.842. The second kappa shape index (κ2) is 9.65. The minimum Gasteiger partial charge on any atom is -0.497 e. The lowest BCUT2D eigenvalue weighted by Gasteiger charge is -2.10. The first kappa shape index (κ1) is 21.6. The zero-order chi connectivity index (χ0) is 22.5. The first-order valence-electron chi connectivity index (χ1n) is 9.51. The average molecular weight is 456 g/mol. The molecule has 0 aliphatic heterocycles. The summed E-state index contributed by atoms with van der Waals surface area (Å²) in [6.07, 6.45) is 1.57. The van der Waals surface area contributed by atoms with E-state index >= 15 is 0 Å². The number of nitrogens with zero attached hydrogens (tertiary/aromatic N) is 3. The lowest BCUT2D eigenvalue weighted by atomic mass is 10.2. The van der Waals surface area contributed by atoms with Crippen molar-refractivity contribution in [3.05, 3.63) is 78.3 Å². The Morgan fingerprint density at radius 3 is 2.66 bits per heavy atom. The van der Waals surface area contributed by atoms with Gasteiger partial charge in [0.15, 0.2) is 11.0 Å². The van der Waals surface area contributed by atoms with E-state index in [0.29, 0.717) is 35.1 Å². The zero-order valence-corrected chi connectivity index (χ0v) is 17.7. The number of hydrogen-bond donors (Lipinski definition) is 1. The molecular weight excluding hydrogens is 438 g/mol. The third-order valence-electron chi connectivity index (χ3n) is 4.50. The number of anilines is 1. The molecule has 0 spiro atoms. The molecule has 164 valence electrons. The third kappa shape index (κ3) is 4.97. The molecule has 0 bridgehead atoms. The van der Waals surface area contributed by atoms with E-state index in [1.54, 1.807) is 19.4 Å². The summed E-state index contributed by atoms with van der Waals surface area (Å²) in [5, 5.41) is 11.4. The molecule has 0 radical (unpaired) electrons. The van der Waals surface area contributed by atoms with E-state index in [9.17, 15) is 13.6 Å². The van der Waals surface area contributed by atoms with Gasteiger partial charge in [0.25, 0.3) is 0 Å². The van der Waals surface area contributed by atoms with Crippen molar-refractivity contribution in [1.29, 1.82) is 0 Å². The van der Waals surface area contributed by atoms with Crippen LogP contribution in [0.15, 0.2) is 70.4 Å². The number of carbonyl (C=O) groups excluding carboxylic acids is 1. The molecule has 2 aromatic carbocycles. The predicted molar refractivity (Wildman–Crippen MR) is 116 cm³/mol. The number of halogens is 2. The van der Waals surface area contributed by atoms with Crippen molar-refractivity contribution in [3.8, 4) is 17.1 Å². The highest BCUT2D eigenvalue weighted by Gasteiger charge is 2.18. The molecule has 10 heteroatoms. The van der Waals surface area contributed by atoms with Crippen molar-refractivity contribution in [2.45, 2.75) is 11.7 Å². The van der Waals surface area contributed by atoms with Gasteiger partial charge in [0.1, 0.15) is 23.1 Å². The van der Waals surface area contributed by atoms with E-state index in [2.05, 4.69) is 15.5 Å². The van der Waals surface area contributed by atoms with Gasteiger partial charge in [0, 0.05) is 11.6 Å². The smallest absolute Gasteiger partial charge is 0.234 e. The number of amides is 1. The van der Waals surface area contributed by atoms with Crippen molar-refractivity contribution in [1.82, 2.24) is 14.8 Å². The largest absolute Gasteiger partial charge is 0.497 e. The van der Waals surface area contributed by atoms with Crippen LogP contribution in [0.5, 0.6) is 5.75 Å². The molecule has 0 aliphatic carbocycles. The van der Waals surface area contributed by atoms with Crippen molar-refractivity contribution in [3.63, 3.8) is 0 Å². The molecule has 1 amide bonds. The second-order valence-corrected chi connectivity index (χ2v) is 7.60. The Bertz CT molecular complexity index is 1210. The number of furan rings is 1. The molecule has 0 aliphatic rings. The first-order valence-corrected chi connectivity index (χ1v) is 10.5. The number of nitrogens with one attached hydrogen (secondary N) is 1. The summed E-state index contributed by atoms with van der Waals surface area (Å²) < 4.78 is 39.3. The van der Waals surface area contributed by atoms with Gasteiger partial charge in [0.2, 0.25) is 5.91 Å². The summed E-state index contributed by atoms with van der Waals surface area (Å²) in [4.78, 5) is 12.3. The highest BCUT2D eigenvalue weighted by molar-refractivity contribution is 7.99. The Balaban J connectivity index is 1.53. The molecule has 32 heavy (non-hydrogen) atoms. The molecule has 0 unspecified atom stereocenters. The van der Waals surface area contributed by atoms with Crippen LogP contribution in [0, 0.1) is 11.6 Å². The maximum absolute atomic E-state index is 13.8. The fourth-order valence-electron chi connectivity index (χ4n) is 2.96. The summed E-state index contributed by atoms with van der Waals surface area (Å²) in [6.45, 7) is 0.359. The van der Waals surface area contributed by atoms with Crippen LogP contribution in [0.3, 0.4) is 0 Å². The van der Waals surface area contributed by atoms with Crippen LogP contribution in [0.1, 0.15) is 5.76 Å². The lowest BCUT2D eigenvalue weighted by molar-refractivity contribution is -0.113. The molecule has 4 rings (SSSR count).